The number of nitrogens with two attached hydrogens (primary N) is 1. The summed E-state index contributed by atoms with van der Waals surface area (Å²) in [6, 6.07) is 4.20. The summed E-state index contributed by atoms with van der Waals surface area (Å²) in [5.41, 5.74) is 5.28. The maximum atomic E-state index is 13.2. The molecule has 0 saturated heterocycles. The van der Waals surface area contributed by atoms with E-state index in [0.717, 1.165) is 0 Å². The van der Waals surface area contributed by atoms with Crippen molar-refractivity contribution in [3.8, 4) is 0 Å². The van der Waals surface area contributed by atoms with Crippen LogP contribution in [0.3, 0.4) is 0 Å². The van der Waals surface area contributed by atoms with Crippen LogP contribution in [-0.4, -0.2) is 25.8 Å². The number of primary amides is 1. The summed E-state index contributed by atoms with van der Waals surface area (Å²) < 4.78 is 13.2. The monoisotopic (exact) mass is 210 g/mol. The lowest BCUT2D eigenvalue weighted by Gasteiger charge is -2.19. The predicted molar refractivity (Wildman–Crippen MR) is 54.3 cm³/mol. The van der Waals surface area contributed by atoms with Crippen LogP contribution in [0.15, 0.2) is 18.2 Å². The predicted octanol–water partition coefficient (Wildman–Crippen LogP) is 0.560. The quantitative estimate of drug-likeness (QED) is 0.738. The second-order valence-electron chi connectivity index (χ2n) is 3.11. The third-order valence-electron chi connectivity index (χ3n) is 1.95. The van der Waals surface area contributed by atoms with Gasteiger partial charge in [-0.2, -0.15) is 0 Å². The number of carbonyl (C=O) groups is 2. The summed E-state index contributed by atoms with van der Waals surface area (Å²) >= 11 is 0. The number of anilines is 1. The second kappa shape index (κ2) is 4.54. The van der Waals surface area contributed by atoms with Gasteiger partial charge < -0.3 is 10.6 Å². The van der Waals surface area contributed by atoms with Crippen LogP contribution >= 0.6 is 0 Å². The normalized spacial score (nSPS) is 9.73. The number of hydrogen-bond donors (Lipinski definition) is 1. The van der Waals surface area contributed by atoms with E-state index in [-0.39, 0.29) is 12.1 Å². The minimum Gasteiger partial charge on any atom is -0.368 e. The number of aldehydes is 1. The Bertz CT molecular complexity index is 393. The molecule has 1 aromatic rings. The maximum absolute atomic E-state index is 13.2. The summed E-state index contributed by atoms with van der Waals surface area (Å²) in [6.45, 7) is -0.0652. The first-order chi connectivity index (χ1) is 7.06. The van der Waals surface area contributed by atoms with Crippen LogP contribution in [0.5, 0.6) is 0 Å². The van der Waals surface area contributed by atoms with E-state index in [9.17, 15) is 14.0 Å². The molecule has 0 atom stereocenters. The summed E-state index contributed by atoms with van der Waals surface area (Å²) in [4.78, 5) is 22.7. The lowest BCUT2D eigenvalue weighted by atomic mass is 10.1. The molecule has 0 bridgehead atoms. The number of carbonyl (C=O) groups excluding carboxylic acids is 2. The smallest absolute Gasteiger partial charge is 0.236 e. The molecule has 0 aliphatic carbocycles. The highest BCUT2D eigenvalue weighted by Crippen LogP contribution is 2.19. The first-order valence-corrected chi connectivity index (χ1v) is 4.29. The second-order valence-corrected chi connectivity index (χ2v) is 3.11. The Kier molecular flexibility index (Phi) is 3.38. The summed E-state index contributed by atoms with van der Waals surface area (Å²) in [7, 11) is 1.56. The van der Waals surface area contributed by atoms with Crippen molar-refractivity contribution in [2.45, 2.75) is 0 Å². The van der Waals surface area contributed by atoms with Crippen molar-refractivity contribution in [3.63, 3.8) is 0 Å². The van der Waals surface area contributed by atoms with Gasteiger partial charge in [-0.1, -0.05) is 6.07 Å². The van der Waals surface area contributed by atoms with Crippen molar-refractivity contribution in [2.24, 2.45) is 5.73 Å². The molecule has 0 aliphatic rings. The lowest BCUT2D eigenvalue weighted by Crippen LogP contribution is -2.31. The summed E-state index contributed by atoms with van der Waals surface area (Å²) in [5, 5.41) is 0. The van der Waals surface area contributed by atoms with Gasteiger partial charge in [-0.25, -0.2) is 4.39 Å². The van der Waals surface area contributed by atoms with Gasteiger partial charge in [0.2, 0.25) is 5.91 Å². The third-order valence-corrected chi connectivity index (χ3v) is 1.95. The van der Waals surface area contributed by atoms with E-state index in [0.29, 0.717) is 12.0 Å². The van der Waals surface area contributed by atoms with Gasteiger partial charge in [-0.05, 0) is 12.1 Å². The molecule has 80 valence electrons. The Morgan fingerprint density at radius 1 is 1.60 bits per heavy atom. The van der Waals surface area contributed by atoms with Crippen LogP contribution < -0.4 is 10.6 Å². The number of benzene rings is 1. The molecule has 15 heavy (non-hydrogen) atoms. The van der Waals surface area contributed by atoms with Crippen LogP contribution in [0.4, 0.5) is 10.1 Å². The van der Waals surface area contributed by atoms with Crippen molar-refractivity contribution in [1.82, 2.24) is 0 Å². The minimum atomic E-state index is -0.612. The first kappa shape index (κ1) is 11.2. The molecule has 1 rings (SSSR count). The van der Waals surface area contributed by atoms with Gasteiger partial charge in [-0.3, -0.25) is 9.59 Å². The molecule has 0 saturated carbocycles. The van der Waals surface area contributed by atoms with Gasteiger partial charge in [0, 0.05) is 7.05 Å². The number of amides is 1. The molecule has 5 heteroatoms. The molecule has 1 aromatic carbocycles. The minimum absolute atomic E-state index is 0.0652. The lowest BCUT2D eigenvalue weighted by molar-refractivity contribution is -0.116. The van der Waals surface area contributed by atoms with Crippen LogP contribution in [0.2, 0.25) is 0 Å². The maximum Gasteiger partial charge on any atom is 0.236 e. The van der Waals surface area contributed by atoms with Crippen molar-refractivity contribution >= 4 is 17.9 Å². The number of rotatable bonds is 4. The molecule has 0 unspecified atom stereocenters. The Morgan fingerprint density at radius 3 is 2.80 bits per heavy atom. The summed E-state index contributed by atoms with van der Waals surface area (Å²) in [5.74, 6) is -1.16. The largest absolute Gasteiger partial charge is 0.368 e. The number of likely N-dealkylation sites (N-methyl/N-ethyl adjacent to an activating group) is 1. The molecule has 1 amide bonds. The Hall–Kier alpha value is -1.91. The fraction of sp³-hybridized carbons (Fsp3) is 0.200. The number of halogens is 1. The number of nitrogens with zero attached hydrogens (tertiary/aromatic N) is 1. The molecule has 0 aromatic heterocycles. The highest BCUT2D eigenvalue weighted by molar-refractivity contribution is 5.87. The van der Waals surface area contributed by atoms with Gasteiger partial charge in [-0.15, -0.1) is 0 Å². The van der Waals surface area contributed by atoms with Gasteiger partial charge in [0.1, 0.15) is 5.82 Å². The van der Waals surface area contributed by atoms with Crippen molar-refractivity contribution in [1.29, 1.82) is 0 Å². The fourth-order valence-electron chi connectivity index (χ4n) is 1.29. The van der Waals surface area contributed by atoms with Gasteiger partial charge in [0.25, 0.3) is 0 Å². The highest BCUT2D eigenvalue weighted by Gasteiger charge is 2.12. The van der Waals surface area contributed by atoms with E-state index in [1.54, 1.807) is 13.1 Å². The van der Waals surface area contributed by atoms with Crippen LogP contribution in [0.25, 0.3) is 0 Å². The average molecular weight is 210 g/mol. The van der Waals surface area contributed by atoms with Gasteiger partial charge >= 0.3 is 0 Å². The number of hydrogen-bond acceptors (Lipinski definition) is 3. The van der Waals surface area contributed by atoms with Crippen molar-refractivity contribution in [3.05, 3.63) is 29.6 Å². The van der Waals surface area contributed by atoms with Crippen molar-refractivity contribution < 1.29 is 14.0 Å². The SMILES string of the molecule is CN(CC(N)=O)c1cccc(F)c1C=O. The van der Waals surface area contributed by atoms with Crippen LogP contribution in [0, 0.1) is 5.82 Å². The zero-order valence-corrected chi connectivity index (χ0v) is 8.24. The van der Waals surface area contributed by atoms with E-state index < -0.39 is 11.7 Å². The van der Waals surface area contributed by atoms with E-state index in [1.165, 1.54) is 17.0 Å². The average Bonchev–Trinajstić information content (AvgIpc) is 2.16. The molecule has 4 nitrogen and oxygen atoms in total. The molecule has 0 radical (unpaired) electrons. The zero-order chi connectivity index (χ0) is 11.4. The van der Waals surface area contributed by atoms with Crippen molar-refractivity contribution in [2.75, 3.05) is 18.5 Å². The van der Waals surface area contributed by atoms with Gasteiger partial charge in [0.15, 0.2) is 6.29 Å². The third kappa shape index (κ3) is 2.52. The van der Waals surface area contributed by atoms with E-state index in [2.05, 4.69) is 0 Å². The molecular formula is C10H11FN2O2. The molecule has 0 fully saturated rings. The van der Waals surface area contributed by atoms with Crippen LogP contribution in [0.1, 0.15) is 10.4 Å². The molecule has 0 spiro atoms. The van der Waals surface area contributed by atoms with Gasteiger partial charge in [0.05, 0.1) is 17.8 Å². The van der Waals surface area contributed by atoms with E-state index >= 15 is 0 Å². The van der Waals surface area contributed by atoms with E-state index in [1.807, 2.05) is 0 Å². The molecular weight excluding hydrogens is 199 g/mol. The Morgan fingerprint density at radius 2 is 2.27 bits per heavy atom. The summed E-state index contributed by atoms with van der Waals surface area (Å²) in [6.07, 6.45) is 0.419. The highest BCUT2D eigenvalue weighted by atomic mass is 19.1. The Labute approximate surface area is 86.5 Å². The van der Waals surface area contributed by atoms with E-state index in [4.69, 9.17) is 5.73 Å². The topological polar surface area (TPSA) is 63.4 Å². The standard InChI is InChI=1S/C10H11FN2O2/c1-13(5-10(12)15)9-4-2-3-8(11)7(9)6-14/h2-4,6H,5H2,1H3,(H2,12,15). The zero-order valence-electron chi connectivity index (χ0n) is 8.24. The molecule has 0 aliphatic heterocycles. The fourth-order valence-corrected chi connectivity index (χ4v) is 1.29. The molecule has 0 heterocycles. The molecule has 2 N–H and O–H groups in total. The Balaban J connectivity index is 3.07. The van der Waals surface area contributed by atoms with Crippen LogP contribution in [-0.2, 0) is 4.79 Å². The first-order valence-electron chi connectivity index (χ1n) is 4.29.